The largest absolute Gasteiger partial charge is 0.484 e. The highest BCUT2D eigenvalue weighted by atomic mass is 32.2. The molecule has 0 bridgehead atoms. The van der Waals surface area contributed by atoms with E-state index in [9.17, 15) is 9.59 Å². The summed E-state index contributed by atoms with van der Waals surface area (Å²) in [5.41, 5.74) is 5.77. The molecule has 0 radical (unpaired) electrons. The van der Waals surface area contributed by atoms with Gasteiger partial charge in [-0.05, 0) is 29.8 Å². The first-order valence-electron chi connectivity index (χ1n) is 7.31. The van der Waals surface area contributed by atoms with E-state index in [0.29, 0.717) is 10.3 Å². The second-order valence-electron chi connectivity index (χ2n) is 4.91. The Morgan fingerprint density at radius 1 is 1.12 bits per heavy atom. The summed E-state index contributed by atoms with van der Waals surface area (Å²) in [5, 5.41) is 0. The summed E-state index contributed by atoms with van der Waals surface area (Å²) in [6, 6.07) is 10.8. The zero-order valence-corrected chi connectivity index (χ0v) is 14.3. The molecule has 1 aliphatic heterocycles. The fourth-order valence-electron chi connectivity index (χ4n) is 2.05. The van der Waals surface area contributed by atoms with Gasteiger partial charge in [-0.25, -0.2) is 0 Å². The third kappa shape index (κ3) is 4.48. The van der Waals surface area contributed by atoms with E-state index in [1.165, 1.54) is 29.4 Å². The van der Waals surface area contributed by atoms with Crippen molar-refractivity contribution < 1.29 is 18.7 Å². The van der Waals surface area contributed by atoms with E-state index < -0.39 is 11.8 Å². The second-order valence-corrected chi connectivity index (χ2v) is 7.64. The molecule has 0 spiro atoms. The van der Waals surface area contributed by atoms with Crippen LogP contribution in [-0.4, -0.2) is 29.9 Å². The number of hydrazine groups is 1. The predicted octanol–water partition coefficient (Wildman–Crippen LogP) is 2.60. The summed E-state index contributed by atoms with van der Waals surface area (Å²) in [6.07, 6.45) is 1.38. The minimum Gasteiger partial charge on any atom is -0.484 e. The lowest BCUT2D eigenvalue weighted by Gasteiger charge is -2.10. The number of rotatable bonds is 5. The van der Waals surface area contributed by atoms with E-state index in [1.54, 1.807) is 6.07 Å². The van der Waals surface area contributed by atoms with Crippen LogP contribution in [0, 0.1) is 0 Å². The maximum Gasteiger partial charge on any atom is 0.305 e. The molecule has 2 aromatic rings. The van der Waals surface area contributed by atoms with Crippen molar-refractivity contribution in [2.24, 2.45) is 0 Å². The monoisotopic (exact) mass is 364 g/mol. The molecule has 8 heteroatoms. The lowest BCUT2D eigenvalue weighted by atomic mass is 10.2. The Kier molecular flexibility index (Phi) is 5.71. The highest BCUT2D eigenvalue weighted by Crippen LogP contribution is 2.45. The number of nitrogens with one attached hydrogen (secondary N) is 2. The van der Waals surface area contributed by atoms with Crippen molar-refractivity contribution >= 4 is 35.3 Å². The molecular weight excluding hydrogens is 348 g/mol. The molecule has 24 heavy (non-hydrogen) atoms. The lowest BCUT2D eigenvalue weighted by Crippen LogP contribution is -2.43. The highest BCUT2D eigenvalue weighted by molar-refractivity contribution is 8.19. The number of hydrogen-bond acceptors (Lipinski definition) is 6. The maximum absolute atomic E-state index is 11.7. The molecule has 0 aliphatic carbocycles. The van der Waals surface area contributed by atoms with Crippen molar-refractivity contribution in [3.8, 4) is 5.75 Å². The Hall–Kier alpha value is -2.06. The Balaban J connectivity index is 1.41. The molecule has 1 aromatic carbocycles. The number of amides is 2. The minimum absolute atomic E-state index is 0.120. The summed E-state index contributed by atoms with van der Waals surface area (Å²) < 4.78 is 10.8. The van der Waals surface area contributed by atoms with Crippen LogP contribution < -0.4 is 15.6 Å². The molecule has 2 amide bonds. The Labute approximate surface area is 147 Å². The molecule has 0 saturated carbocycles. The van der Waals surface area contributed by atoms with Crippen LogP contribution in [0.4, 0.5) is 0 Å². The van der Waals surface area contributed by atoms with Gasteiger partial charge in [0.25, 0.3) is 5.91 Å². The minimum atomic E-state index is -0.524. The van der Waals surface area contributed by atoms with E-state index in [0.717, 1.165) is 0 Å². The topological polar surface area (TPSA) is 80.6 Å². The zero-order valence-electron chi connectivity index (χ0n) is 12.7. The van der Waals surface area contributed by atoms with Gasteiger partial charge >= 0.3 is 5.91 Å². The number of ether oxygens (including phenoxy) is 1. The van der Waals surface area contributed by atoms with Crippen LogP contribution in [0.1, 0.15) is 20.7 Å². The first-order valence-corrected chi connectivity index (χ1v) is 9.41. The molecule has 6 nitrogen and oxygen atoms in total. The number of furan rings is 1. The van der Waals surface area contributed by atoms with Gasteiger partial charge in [0.05, 0.1) is 10.8 Å². The number of hydrogen-bond donors (Lipinski definition) is 2. The zero-order chi connectivity index (χ0) is 16.8. The molecule has 126 valence electrons. The molecule has 3 rings (SSSR count). The first kappa shape index (κ1) is 16.8. The average Bonchev–Trinajstić information content (AvgIpc) is 3.31. The first-order chi connectivity index (χ1) is 11.7. The second kappa shape index (κ2) is 8.16. The Bertz CT molecular complexity index is 683. The van der Waals surface area contributed by atoms with Crippen LogP contribution in [0.5, 0.6) is 5.75 Å². The van der Waals surface area contributed by atoms with E-state index in [2.05, 4.69) is 10.9 Å². The van der Waals surface area contributed by atoms with Crippen molar-refractivity contribution in [2.75, 3.05) is 18.1 Å². The van der Waals surface area contributed by atoms with Gasteiger partial charge in [0.15, 0.2) is 12.4 Å². The Morgan fingerprint density at radius 2 is 1.88 bits per heavy atom. The molecule has 1 fully saturated rings. The van der Waals surface area contributed by atoms with Gasteiger partial charge in [-0.3, -0.25) is 20.4 Å². The van der Waals surface area contributed by atoms with Gasteiger partial charge in [-0.15, -0.1) is 23.5 Å². The van der Waals surface area contributed by atoms with Crippen LogP contribution in [0.2, 0.25) is 0 Å². The van der Waals surface area contributed by atoms with Crippen molar-refractivity contribution in [3.63, 3.8) is 0 Å². The SMILES string of the molecule is O=C(COc1ccc(C2SCCS2)cc1)NNC(=O)c1ccco1. The number of thioether (sulfide) groups is 2. The number of carbonyl (C=O) groups is 2. The standard InChI is InChI=1S/C16H16N2O4S2/c19-14(17-18-15(20)13-2-1-7-21-13)10-22-12-5-3-11(4-6-12)16-23-8-9-24-16/h1-7,16H,8-10H2,(H,17,19)(H,18,20). The summed E-state index contributed by atoms with van der Waals surface area (Å²) in [6.45, 7) is -0.190. The van der Waals surface area contributed by atoms with E-state index >= 15 is 0 Å². The van der Waals surface area contributed by atoms with Gasteiger partial charge in [0.2, 0.25) is 0 Å². The molecule has 0 atom stereocenters. The summed E-state index contributed by atoms with van der Waals surface area (Å²) in [4.78, 5) is 23.3. The highest BCUT2D eigenvalue weighted by Gasteiger charge is 2.18. The van der Waals surface area contributed by atoms with Crippen molar-refractivity contribution in [3.05, 3.63) is 54.0 Å². The summed E-state index contributed by atoms with van der Waals surface area (Å²) >= 11 is 3.88. The van der Waals surface area contributed by atoms with Gasteiger partial charge < -0.3 is 9.15 Å². The fraction of sp³-hybridized carbons (Fsp3) is 0.250. The van der Waals surface area contributed by atoms with Crippen LogP contribution in [0.3, 0.4) is 0 Å². The smallest absolute Gasteiger partial charge is 0.305 e. The van der Waals surface area contributed by atoms with Crippen molar-refractivity contribution in [1.82, 2.24) is 10.9 Å². The number of carbonyl (C=O) groups excluding carboxylic acids is 2. The van der Waals surface area contributed by atoms with Crippen LogP contribution in [0.25, 0.3) is 0 Å². The normalized spacial score (nSPS) is 14.3. The quantitative estimate of drug-likeness (QED) is 0.794. The van der Waals surface area contributed by atoms with E-state index in [-0.39, 0.29) is 12.4 Å². The molecular formula is C16H16N2O4S2. The van der Waals surface area contributed by atoms with E-state index in [4.69, 9.17) is 9.15 Å². The average molecular weight is 364 g/mol. The molecule has 2 N–H and O–H groups in total. The third-order valence-corrected chi connectivity index (χ3v) is 6.31. The predicted molar refractivity (Wildman–Crippen MR) is 93.9 cm³/mol. The van der Waals surface area contributed by atoms with Gasteiger partial charge in [-0.1, -0.05) is 12.1 Å². The van der Waals surface area contributed by atoms with Crippen molar-refractivity contribution in [2.45, 2.75) is 4.58 Å². The van der Waals surface area contributed by atoms with E-state index in [1.807, 2.05) is 47.8 Å². The van der Waals surface area contributed by atoms with Gasteiger partial charge in [0, 0.05) is 11.5 Å². The van der Waals surface area contributed by atoms with Crippen molar-refractivity contribution in [1.29, 1.82) is 0 Å². The molecule has 0 unspecified atom stereocenters. The summed E-state index contributed by atoms with van der Waals surface area (Å²) in [5.74, 6) is 2.11. The molecule has 1 aromatic heterocycles. The fourth-order valence-corrected chi connectivity index (χ4v) is 4.91. The number of benzene rings is 1. The molecule has 2 heterocycles. The van der Waals surface area contributed by atoms with Gasteiger partial charge in [-0.2, -0.15) is 0 Å². The van der Waals surface area contributed by atoms with Crippen LogP contribution in [0.15, 0.2) is 47.1 Å². The molecule has 1 aliphatic rings. The van der Waals surface area contributed by atoms with Crippen LogP contribution >= 0.6 is 23.5 Å². The molecule has 1 saturated heterocycles. The van der Waals surface area contributed by atoms with Crippen LogP contribution in [-0.2, 0) is 4.79 Å². The van der Waals surface area contributed by atoms with Gasteiger partial charge in [0.1, 0.15) is 5.75 Å². The maximum atomic E-state index is 11.7. The third-order valence-electron chi connectivity index (χ3n) is 3.20. The lowest BCUT2D eigenvalue weighted by molar-refractivity contribution is -0.123. The Morgan fingerprint density at radius 3 is 2.54 bits per heavy atom. The summed E-state index contributed by atoms with van der Waals surface area (Å²) in [7, 11) is 0.